The maximum Gasteiger partial charge on any atom is 0.133 e. The number of likely N-dealkylation sites (tertiary alicyclic amines) is 1. The zero-order valence-electron chi connectivity index (χ0n) is 15.8. The van der Waals surface area contributed by atoms with E-state index in [-0.39, 0.29) is 0 Å². The van der Waals surface area contributed by atoms with Gasteiger partial charge in [0.05, 0.1) is 17.4 Å². The van der Waals surface area contributed by atoms with Gasteiger partial charge in [0.2, 0.25) is 0 Å². The second-order valence-corrected chi connectivity index (χ2v) is 7.79. The number of rotatable bonds is 2. The zero-order chi connectivity index (χ0) is 17.4. The van der Waals surface area contributed by atoms with Crippen molar-refractivity contribution in [1.29, 1.82) is 0 Å². The molecule has 1 fully saturated rings. The predicted octanol–water partition coefficient (Wildman–Crippen LogP) is 4.39. The smallest absolute Gasteiger partial charge is 0.133 e. The van der Waals surface area contributed by atoms with E-state index in [1.54, 1.807) is 0 Å². The lowest BCUT2D eigenvalue weighted by molar-refractivity contribution is 0.182. The maximum atomic E-state index is 5.19. The van der Waals surface area contributed by atoms with Gasteiger partial charge in [-0.2, -0.15) is 5.10 Å². The van der Waals surface area contributed by atoms with Crippen molar-refractivity contribution in [3.63, 3.8) is 0 Å². The van der Waals surface area contributed by atoms with E-state index < -0.39 is 0 Å². The molecule has 0 saturated carbocycles. The van der Waals surface area contributed by atoms with Crippen LogP contribution in [0.1, 0.15) is 60.5 Å². The van der Waals surface area contributed by atoms with Gasteiger partial charge in [0.25, 0.3) is 0 Å². The van der Waals surface area contributed by atoms with Crippen molar-refractivity contribution in [2.24, 2.45) is 0 Å². The molecule has 4 heteroatoms. The van der Waals surface area contributed by atoms with E-state index in [0.717, 1.165) is 13.0 Å². The van der Waals surface area contributed by atoms with Gasteiger partial charge < -0.3 is 5.32 Å². The Morgan fingerprint density at radius 3 is 2.84 bits per heavy atom. The summed E-state index contributed by atoms with van der Waals surface area (Å²) < 4.78 is 2.20. The second kappa shape index (κ2) is 6.83. The molecule has 1 aromatic heterocycles. The summed E-state index contributed by atoms with van der Waals surface area (Å²) in [6.45, 7) is 6.58. The number of nitrogens with one attached hydrogen (secondary N) is 1. The molecule has 2 aromatic rings. The summed E-state index contributed by atoms with van der Waals surface area (Å²) in [5, 5.41) is 8.89. The lowest BCUT2D eigenvalue weighted by Crippen LogP contribution is -2.30. The molecular formula is C21H30N4. The molecule has 1 aromatic carbocycles. The number of hydrogen-bond acceptors (Lipinski definition) is 3. The standard InChI is InChI=1S/C21H30N4/c1-15-10-11-16(2)19(14-15)25-21-17(8-4-6-12-22-21)20(23-25)18-9-5-7-13-24(18)3/h10-11,14,18,22H,4-9,12-13H2,1-3H3. The summed E-state index contributed by atoms with van der Waals surface area (Å²) in [6.07, 6.45) is 7.49. The number of piperidine rings is 1. The third kappa shape index (κ3) is 3.08. The Morgan fingerprint density at radius 2 is 2.00 bits per heavy atom. The molecule has 1 unspecified atom stereocenters. The normalized spacial score (nSPS) is 21.5. The summed E-state index contributed by atoms with van der Waals surface area (Å²) in [6, 6.07) is 7.13. The fourth-order valence-corrected chi connectivity index (χ4v) is 4.34. The van der Waals surface area contributed by atoms with Crippen LogP contribution in [-0.2, 0) is 6.42 Å². The first-order chi connectivity index (χ1) is 12.1. The van der Waals surface area contributed by atoms with Crippen molar-refractivity contribution in [2.45, 2.75) is 58.4 Å². The molecular weight excluding hydrogens is 308 g/mol. The van der Waals surface area contributed by atoms with Crippen LogP contribution in [0.25, 0.3) is 5.69 Å². The van der Waals surface area contributed by atoms with Crippen molar-refractivity contribution in [3.8, 4) is 5.69 Å². The third-order valence-corrected chi connectivity index (χ3v) is 5.84. The fourth-order valence-electron chi connectivity index (χ4n) is 4.34. The average Bonchev–Trinajstić information content (AvgIpc) is 2.79. The Hall–Kier alpha value is -1.81. The number of anilines is 1. The van der Waals surface area contributed by atoms with Crippen molar-refractivity contribution in [3.05, 3.63) is 40.6 Å². The van der Waals surface area contributed by atoms with Gasteiger partial charge in [-0.05, 0) is 76.7 Å². The van der Waals surface area contributed by atoms with Crippen molar-refractivity contribution < 1.29 is 0 Å². The van der Waals surface area contributed by atoms with Gasteiger partial charge in [-0.3, -0.25) is 4.90 Å². The van der Waals surface area contributed by atoms with E-state index in [1.807, 2.05) is 0 Å². The highest BCUT2D eigenvalue weighted by Gasteiger charge is 2.30. The molecule has 2 aliphatic heterocycles. The summed E-state index contributed by atoms with van der Waals surface area (Å²) in [7, 11) is 2.26. The molecule has 1 atom stereocenters. The second-order valence-electron chi connectivity index (χ2n) is 7.79. The molecule has 25 heavy (non-hydrogen) atoms. The minimum absolute atomic E-state index is 0.466. The van der Waals surface area contributed by atoms with Gasteiger partial charge in [0, 0.05) is 12.1 Å². The average molecular weight is 338 g/mol. The molecule has 1 saturated heterocycles. The summed E-state index contributed by atoms with van der Waals surface area (Å²) in [5.74, 6) is 1.24. The van der Waals surface area contributed by atoms with Gasteiger partial charge in [-0.25, -0.2) is 4.68 Å². The summed E-state index contributed by atoms with van der Waals surface area (Å²) in [4.78, 5) is 2.50. The first kappa shape index (κ1) is 16.6. The third-order valence-electron chi connectivity index (χ3n) is 5.84. The van der Waals surface area contributed by atoms with Crippen LogP contribution in [0.3, 0.4) is 0 Å². The van der Waals surface area contributed by atoms with Gasteiger partial charge >= 0.3 is 0 Å². The molecule has 4 rings (SSSR count). The molecule has 2 aliphatic rings. The first-order valence-electron chi connectivity index (χ1n) is 9.78. The van der Waals surface area contributed by atoms with Crippen LogP contribution in [-0.4, -0.2) is 34.8 Å². The van der Waals surface area contributed by atoms with E-state index >= 15 is 0 Å². The van der Waals surface area contributed by atoms with Crippen LogP contribution >= 0.6 is 0 Å². The molecule has 0 bridgehead atoms. The Balaban J connectivity index is 1.86. The monoisotopic (exact) mass is 338 g/mol. The highest BCUT2D eigenvalue weighted by Crippen LogP contribution is 2.37. The zero-order valence-corrected chi connectivity index (χ0v) is 15.8. The summed E-state index contributed by atoms with van der Waals surface area (Å²) >= 11 is 0. The molecule has 4 nitrogen and oxygen atoms in total. The topological polar surface area (TPSA) is 33.1 Å². The van der Waals surface area contributed by atoms with Crippen LogP contribution in [0.5, 0.6) is 0 Å². The SMILES string of the molecule is Cc1ccc(C)c(-n2nc(C3CCCCN3C)c3c2NCCCC3)c1. The number of aryl methyl sites for hydroxylation is 2. The Labute approximate surface area is 151 Å². The van der Waals surface area contributed by atoms with Crippen LogP contribution in [0, 0.1) is 13.8 Å². The van der Waals surface area contributed by atoms with E-state index in [4.69, 9.17) is 5.10 Å². The predicted molar refractivity (Wildman–Crippen MR) is 104 cm³/mol. The number of benzene rings is 1. The lowest BCUT2D eigenvalue weighted by Gasteiger charge is -2.31. The van der Waals surface area contributed by atoms with Crippen LogP contribution in [0.2, 0.25) is 0 Å². The van der Waals surface area contributed by atoms with Crippen LogP contribution in [0.4, 0.5) is 5.82 Å². The Morgan fingerprint density at radius 1 is 1.12 bits per heavy atom. The molecule has 3 heterocycles. The molecule has 134 valence electrons. The fraction of sp³-hybridized carbons (Fsp3) is 0.571. The minimum Gasteiger partial charge on any atom is -0.370 e. The van der Waals surface area contributed by atoms with Crippen molar-refractivity contribution in [2.75, 3.05) is 25.5 Å². The highest BCUT2D eigenvalue weighted by molar-refractivity contribution is 5.57. The first-order valence-corrected chi connectivity index (χ1v) is 9.78. The molecule has 0 radical (unpaired) electrons. The van der Waals surface area contributed by atoms with Crippen molar-refractivity contribution >= 4 is 5.82 Å². The quantitative estimate of drug-likeness (QED) is 0.881. The van der Waals surface area contributed by atoms with E-state index in [0.29, 0.717) is 6.04 Å². The van der Waals surface area contributed by atoms with Crippen molar-refractivity contribution in [1.82, 2.24) is 14.7 Å². The maximum absolute atomic E-state index is 5.19. The molecule has 0 aliphatic carbocycles. The van der Waals surface area contributed by atoms with E-state index in [9.17, 15) is 0 Å². The largest absolute Gasteiger partial charge is 0.370 e. The number of fused-ring (bicyclic) bond motifs is 1. The number of nitrogens with zero attached hydrogens (tertiary/aromatic N) is 3. The van der Waals surface area contributed by atoms with Crippen LogP contribution < -0.4 is 5.32 Å². The van der Waals surface area contributed by atoms with Crippen LogP contribution in [0.15, 0.2) is 18.2 Å². The molecule has 0 amide bonds. The Bertz CT molecular complexity index is 761. The van der Waals surface area contributed by atoms with E-state index in [2.05, 4.69) is 54.0 Å². The number of hydrogen-bond donors (Lipinski definition) is 1. The number of aromatic nitrogens is 2. The van der Waals surface area contributed by atoms with Gasteiger partial charge in [0.15, 0.2) is 0 Å². The lowest BCUT2D eigenvalue weighted by atomic mass is 9.96. The highest BCUT2D eigenvalue weighted by atomic mass is 15.4. The minimum atomic E-state index is 0.466. The summed E-state index contributed by atoms with van der Waals surface area (Å²) in [5.41, 5.74) is 6.56. The van der Waals surface area contributed by atoms with Gasteiger partial charge in [-0.1, -0.05) is 18.6 Å². The Kier molecular flexibility index (Phi) is 4.55. The van der Waals surface area contributed by atoms with E-state index in [1.165, 1.54) is 72.5 Å². The van der Waals surface area contributed by atoms with Gasteiger partial charge in [-0.15, -0.1) is 0 Å². The van der Waals surface area contributed by atoms with Gasteiger partial charge in [0.1, 0.15) is 5.82 Å². The molecule has 0 spiro atoms. The molecule has 1 N–H and O–H groups in total.